The first-order valence-corrected chi connectivity index (χ1v) is 7.14. The topological polar surface area (TPSA) is 63.8 Å². The van der Waals surface area contributed by atoms with Gasteiger partial charge in [-0.2, -0.15) is 0 Å². The van der Waals surface area contributed by atoms with Gasteiger partial charge in [-0.3, -0.25) is 0 Å². The van der Waals surface area contributed by atoms with E-state index in [1.54, 1.807) is 0 Å². The van der Waals surface area contributed by atoms with Crippen LogP contribution in [0.2, 0.25) is 0 Å². The molecule has 0 spiro atoms. The number of rotatable bonds is 4. The fraction of sp³-hybridized carbons (Fsp3) is 0.714. The van der Waals surface area contributed by atoms with Gasteiger partial charge in [0.1, 0.15) is 17.5 Å². The Morgan fingerprint density at radius 2 is 2.22 bits per heavy atom. The molecule has 0 amide bonds. The number of nitrogens with two attached hydrogens (primary N) is 1. The molecule has 0 saturated heterocycles. The third-order valence-electron chi connectivity index (χ3n) is 4.34. The highest BCUT2D eigenvalue weighted by Gasteiger charge is 2.39. The van der Waals surface area contributed by atoms with Gasteiger partial charge in [-0.1, -0.05) is 13.3 Å². The number of anilines is 2. The molecule has 98 valence electrons. The van der Waals surface area contributed by atoms with E-state index in [0.717, 1.165) is 36.3 Å². The molecule has 2 fully saturated rings. The molecule has 3 N–H and O–H groups in total. The number of nitrogen functional groups attached to an aromatic ring is 1. The first-order chi connectivity index (χ1) is 8.74. The molecule has 4 heteroatoms. The van der Waals surface area contributed by atoms with Gasteiger partial charge in [0.05, 0.1) is 0 Å². The summed E-state index contributed by atoms with van der Waals surface area (Å²) < 4.78 is 0. The van der Waals surface area contributed by atoms with Gasteiger partial charge in [0.25, 0.3) is 0 Å². The van der Waals surface area contributed by atoms with Gasteiger partial charge in [-0.25, -0.2) is 9.97 Å². The standard InChI is InChI=1S/C14H22N4/c1-2-3-13-17-12(15)8-14(18-13)16-11-7-9-4-5-10(11)6-9/h8-11H,2-7H2,1H3,(H3,15,16,17,18). The molecule has 0 aliphatic heterocycles. The van der Waals surface area contributed by atoms with Crippen LogP contribution in [-0.4, -0.2) is 16.0 Å². The van der Waals surface area contributed by atoms with Crippen LogP contribution >= 0.6 is 0 Å². The van der Waals surface area contributed by atoms with Crippen molar-refractivity contribution in [3.8, 4) is 0 Å². The third kappa shape index (κ3) is 2.28. The molecule has 1 heterocycles. The molecule has 2 saturated carbocycles. The molecule has 3 atom stereocenters. The maximum Gasteiger partial charge on any atom is 0.133 e. The van der Waals surface area contributed by atoms with Crippen LogP contribution in [0.4, 0.5) is 11.6 Å². The number of nitrogens with zero attached hydrogens (tertiary/aromatic N) is 2. The van der Waals surface area contributed by atoms with E-state index in [9.17, 15) is 0 Å². The Balaban J connectivity index is 1.72. The Labute approximate surface area is 108 Å². The van der Waals surface area contributed by atoms with Gasteiger partial charge in [0, 0.05) is 18.5 Å². The van der Waals surface area contributed by atoms with E-state index >= 15 is 0 Å². The number of hydrogen-bond donors (Lipinski definition) is 2. The minimum absolute atomic E-state index is 0.583. The number of nitrogens with one attached hydrogen (secondary N) is 1. The van der Waals surface area contributed by atoms with Crippen LogP contribution in [0.5, 0.6) is 0 Å². The smallest absolute Gasteiger partial charge is 0.133 e. The van der Waals surface area contributed by atoms with Crippen LogP contribution in [0.1, 0.15) is 44.9 Å². The van der Waals surface area contributed by atoms with Crippen molar-refractivity contribution in [3.05, 3.63) is 11.9 Å². The molecular formula is C14H22N4. The Morgan fingerprint density at radius 3 is 2.89 bits per heavy atom. The van der Waals surface area contributed by atoms with Crippen LogP contribution in [0, 0.1) is 11.8 Å². The van der Waals surface area contributed by atoms with Crippen LogP contribution in [-0.2, 0) is 6.42 Å². The first-order valence-electron chi connectivity index (χ1n) is 7.14. The summed E-state index contributed by atoms with van der Waals surface area (Å²) >= 11 is 0. The molecule has 2 bridgehead atoms. The summed E-state index contributed by atoms with van der Waals surface area (Å²) in [6.07, 6.45) is 7.46. The van der Waals surface area contributed by atoms with Crippen molar-refractivity contribution in [1.82, 2.24) is 9.97 Å². The number of aryl methyl sites for hydroxylation is 1. The van der Waals surface area contributed by atoms with Gasteiger partial charge in [-0.15, -0.1) is 0 Å². The van der Waals surface area contributed by atoms with E-state index in [-0.39, 0.29) is 0 Å². The SMILES string of the molecule is CCCc1nc(N)cc(NC2CC3CCC2C3)n1. The quantitative estimate of drug-likeness (QED) is 0.857. The van der Waals surface area contributed by atoms with Crippen molar-refractivity contribution in [2.45, 2.75) is 51.5 Å². The van der Waals surface area contributed by atoms with Gasteiger partial charge in [-0.05, 0) is 37.5 Å². The van der Waals surface area contributed by atoms with E-state index in [2.05, 4.69) is 22.2 Å². The summed E-state index contributed by atoms with van der Waals surface area (Å²) in [5, 5.41) is 3.58. The number of aromatic nitrogens is 2. The highest BCUT2D eigenvalue weighted by atomic mass is 15.1. The van der Waals surface area contributed by atoms with Gasteiger partial charge in [0.2, 0.25) is 0 Å². The monoisotopic (exact) mass is 246 g/mol. The van der Waals surface area contributed by atoms with Crippen LogP contribution in [0.15, 0.2) is 6.07 Å². The average molecular weight is 246 g/mol. The lowest BCUT2D eigenvalue weighted by Gasteiger charge is -2.23. The second-order valence-electron chi connectivity index (χ2n) is 5.77. The predicted octanol–water partition coefficient (Wildman–Crippen LogP) is 2.61. The minimum Gasteiger partial charge on any atom is -0.384 e. The molecule has 3 unspecified atom stereocenters. The highest BCUT2D eigenvalue weighted by Crippen LogP contribution is 2.45. The van der Waals surface area contributed by atoms with Crippen LogP contribution < -0.4 is 11.1 Å². The molecule has 18 heavy (non-hydrogen) atoms. The lowest BCUT2D eigenvalue weighted by molar-refractivity contribution is 0.439. The van der Waals surface area contributed by atoms with Crippen molar-refractivity contribution in [2.24, 2.45) is 11.8 Å². The largest absolute Gasteiger partial charge is 0.384 e. The highest BCUT2D eigenvalue weighted by molar-refractivity contribution is 5.45. The normalized spacial score (nSPS) is 29.7. The van der Waals surface area contributed by atoms with Crippen molar-refractivity contribution in [2.75, 3.05) is 11.1 Å². The predicted molar refractivity (Wildman–Crippen MR) is 73.3 cm³/mol. The summed E-state index contributed by atoms with van der Waals surface area (Å²) in [5.41, 5.74) is 5.85. The summed E-state index contributed by atoms with van der Waals surface area (Å²) in [4.78, 5) is 8.84. The van der Waals surface area contributed by atoms with Gasteiger partial charge >= 0.3 is 0 Å². The van der Waals surface area contributed by atoms with E-state index in [0.29, 0.717) is 11.9 Å². The lowest BCUT2D eigenvalue weighted by atomic mass is 9.95. The van der Waals surface area contributed by atoms with Crippen molar-refractivity contribution >= 4 is 11.6 Å². The van der Waals surface area contributed by atoms with Crippen molar-refractivity contribution in [1.29, 1.82) is 0 Å². The lowest BCUT2D eigenvalue weighted by Crippen LogP contribution is -2.26. The average Bonchev–Trinajstić information content (AvgIpc) is 2.90. The molecular weight excluding hydrogens is 224 g/mol. The molecule has 0 radical (unpaired) electrons. The maximum atomic E-state index is 5.85. The van der Waals surface area contributed by atoms with Gasteiger partial charge in [0.15, 0.2) is 0 Å². The second kappa shape index (κ2) is 4.75. The van der Waals surface area contributed by atoms with Gasteiger partial charge < -0.3 is 11.1 Å². The Hall–Kier alpha value is -1.32. The first kappa shape index (κ1) is 11.8. The molecule has 0 aromatic carbocycles. The fourth-order valence-corrected chi connectivity index (χ4v) is 3.54. The zero-order valence-corrected chi connectivity index (χ0v) is 11.0. The minimum atomic E-state index is 0.583. The van der Waals surface area contributed by atoms with E-state index in [4.69, 9.17) is 5.73 Å². The number of fused-ring (bicyclic) bond motifs is 2. The van der Waals surface area contributed by atoms with Crippen molar-refractivity contribution < 1.29 is 0 Å². The Bertz CT molecular complexity index is 432. The molecule has 2 aliphatic rings. The van der Waals surface area contributed by atoms with E-state index < -0.39 is 0 Å². The third-order valence-corrected chi connectivity index (χ3v) is 4.34. The summed E-state index contributed by atoms with van der Waals surface area (Å²) in [6, 6.07) is 2.47. The second-order valence-corrected chi connectivity index (χ2v) is 5.77. The maximum absolute atomic E-state index is 5.85. The number of hydrogen-bond acceptors (Lipinski definition) is 4. The fourth-order valence-electron chi connectivity index (χ4n) is 3.54. The molecule has 1 aromatic rings. The molecule has 1 aromatic heterocycles. The molecule has 4 nitrogen and oxygen atoms in total. The van der Waals surface area contributed by atoms with Crippen LogP contribution in [0.25, 0.3) is 0 Å². The van der Waals surface area contributed by atoms with E-state index in [1.165, 1.54) is 25.7 Å². The van der Waals surface area contributed by atoms with E-state index in [1.807, 2.05) is 6.07 Å². The van der Waals surface area contributed by atoms with Crippen LogP contribution in [0.3, 0.4) is 0 Å². The summed E-state index contributed by atoms with van der Waals surface area (Å²) in [7, 11) is 0. The zero-order valence-electron chi connectivity index (χ0n) is 11.0. The molecule has 2 aliphatic carbocycles. The summed E-state index contributed by atoms with van der Waals surface area (Å²) in [6.45, 7) is 2.13. The molecule has 3 rings (SSSR count). The Morgan fingerprint density at radius 1 is 1.33 bits per heavy atom. The summed E-state index contributed by atoms with van der Waals surface area (Å²) in [5.74, 6) is 4.16. The van der Waals surface area contributed by atoms with Crippen molar-refractivity contribution in [3.63, 3.8) is 0 Å². The zero-order chi connectivity index (χ0) is 12.5. The Kier molecular flexibility index (Phi) is 3.10.